The van der Waals surface area contributed by atoms with Gasteiger partial charge in [-0.25, -0.2) is 0 Å². The van der Waals surface area contributed by atoms with Crippen molar-refractivity contribution in [3.8, 4) is 5.75 Å². The molecule has 0 unspecified atom stereocenters. The summed E-state index contributed by atoms with van der Waals surface area (Å²) >= 11 is 1.48. The summed E-state index contributed by atoms with van der Waals surface area (Å²) in [5.41, 5.74) is 4.56. The summed E-state index contributed by atoms with van der Waals surface area (Å²) in [6, 6.07) is 9.10. The van der Waals surface area contributed by atoms with Crippen LogP contribution in [0.2, 0.25) is 0 Å². The normalized spacial score (nSPS) is 11.4. The van der Waals surface area contributed by atoms with E-state index in [2.05, 4.69) is 5.18 Å². The minimum absolute atomic E-state index is 0.436. The van der Waals surface area contributed by atoms with Crippen LogP contribution in [0.15, 0.2) is 40.4 Å². The third kappa shape index (κ3) is 5.41. The molecule has 2 aromatic rings. The fraction of sp³-hybridized carbons (Fsp3) is 0.294. The van der Waals surface area contributed by atoms with Gasteiger partial charge in [0.15, 0.2) is 6.35 Å². The third-order valence-electron chi connectivity index (χ3n) is 3.79. The van der Waals surface area contributed by atoms with E-state index in [1.165, 1.54) is 11.8 Å². The Morgan fingerprint density at radius 2 is 1.80 bits per heavy atom. The minimum Gasteiger partial charge on any atom is -0.481 e. The number of hydrogen-bond acceptors (Lipinski definition) is 5. The first kappa shape index (κ1) is 19.7. The van der Waals surface area contributed by atoms with Crippen LogP contribution in [0.3, 0.4) is 0 Å². The van der Waals surface area contributed by atoms with E-state index in [0.29, 0.717) is 17.9 Å². The SMILES string of the molecule is CSc1cc(Cc2c(C)cc(OCP(=O)(O)O)cc2C)ccc1N=O. The lowest BCUT2D eigenvalue weighted by Gasteiger charge is -2.14. The van der Waals surface area contributed by atoms with Gasteiger partial charge in [0.1, 0.15) is 11.4 Å². The molecule has 6 nitrogen and oxygen atoms in total. The molecule has 0 fully saturated rings. The monoisotopic (exact) mass is 381 g/mol. The quantitative estimate of drug-likeness (QED) is 0.416. The van der Waals surface area contributed by atoms with Gasteiger partial charge in [-0.3, -0.25) is 4.57 Å². The summed E-state index contributed by atoms with van der Waals surface area (Å²) in [6.07, 6.45) is 1.95. The molecule has 25 heavy (non-hydrogen) atoms. The molecule has 0 aromatic heterocycles. The van der Waals surface area contributed by atoms with Crippen molar-refractivity contribution in [1.82, 2.24) is 0 Å². The number of nitrogens with zero attached hydrogens (tertiary/aromatic N) is 1. The molecule has 8 heteroatoms. The highest BCUT2D eigenvalue weighted by molar-refractivity contribution is 7.98. The molecule has 0 radical (unpaired) electrons. The summed E-state index contributed by atoms with van der Waals surface area (Å²) in [7, 11) is -4.20. The van der Waals surface area contributed by atoms with Crippen molar-refractivity contribution in [3.05, 3.63) is 57.5 Å². The van der Waals surface area contributed by atoms with Crippen molar-refractivity contribution in [3.63, 3.8) is 0 Å². The molecule has 0 bridgehead atoms. The Morgan fingerprint density at radius 3 is 2.32 bits per heavy atom. The fourth-order valence-corrected chi connectivity index (χ4v) is 3.49. The number of benzene rings is 2. The Morgan fingerprint density at radius 1 is 1.16 bits per heavy atom. The van der Waals surface area contributed by atoms with E-state index in [1.54, 1.807) is 18.2 Å². The molecule has 0 aliphatic carbocycles. The van der Waals surface area contributed by atoms with Crippen LogP contribution < -0.4 is 4.74 Å². The van der Waals surface area contributed by atoms with Crippen LogP contribution in [0.5, 0.6) is 5.75 Å². The summed E-state index contributed by atoms with van der Waals surface area (Å²) in [4.78, 5) is 29.5. The number of aryl methyl sites for hydroxylation is 2. The Hall–Kier alpha value is -1.66. The maximum Gasteiger partial charge on any atom is 0.362 e. The van der Waals surface area contributed by atoms with Crippen LogP contribution in [0.1, 0.15) is 22.3 Å². The van der Waals surface area contributed by atoms with Gasteiger partial charge in [0.25, 0.3) is 0 Å². The molecule has 2 aromatic carbocycles. The molecule has 2 N–H and O–H groups in total. The van der Waals surface area contributed by atoms with Crippen molar-refractivity contribution in [2.75, 3.05) is 12.6 Å². The zero-order valence-electron chi connectivity index (χ0n) is 14.2. The van der Waals surface area contributed by atoms with Crippen LogP contribution in [0, 0.1) is 18.8 Å². The predicted octanol–water partition coefficient (Wildman–Crippen LogP) is 4.53. The number of hydrogen-bond donors (Lipinski definition) is 2. The van der Waals surface area contributed by atoms with E-state index in [-0.39, 0.29) is 0 Å². The van der Waals surface area contributed by atoms with E-state index >= 15 is 0 Å². The van der Waals surface area contributed by atoms with Crippen LogP contribution in [-0.4, -0.2) is 22.4 Å². The molecule has 0 aliphatic heterocycles. The maximum absolute atomic E-state index is 10.9. The van der Waals surface area contributed by atoms with Gasteiger partial charge >= 0.3 is 7.60 Å². The second-order valence-corrected chi connectivity index (χ2v) is 8.18. The highest BCUT2D eigenvalue weighted by Crippen LogP contribution is 2.35. The smallest absolute Gasteiger partial charge is 0.362 e. The van der Waals surface area contributed by atoms with Crippen molar-refractivity contribution >= 4 is 25.0 Å². The standard InChI is InChI=1S/C17H20NO5PS/c1-11-6-14(23-10-24(20,21)22)7-12(2)15(11)8-13-4-5-16(18-19)17(9-13)25-3/h4-7,9H,8,10H2,1-3H3,(H2,20,21,22). The zero-order valence-corrected chi connectivity index (χ0v) is 15.9. The second kappa shape index (κ2) is 8.15. The van der Waals surface area contributed by atoms with Crippen molar-refractivity contribution in [1.29, 1.82) is 0 Å². The summed E-state index contributed by atoms with van der Waals surface area (Å²) < 4.78 is 16.1. The highest BCUT2D eigenvalue weighted by Gasteiger charge is 2.15. The molecular formula is C17H20NO5PS. The fourth-order valence-electron chi connectivity index (χ4n) is 2.59. The summed E-state index contributed by atoms with van der Waals surface area (Å²) in [5, 5.41) is 3.03. The molecule has 0 amide bonds. The minimum atomic E-state index is -4.20. The van der Waals surface area contributed by atoms with Crippen LogP contribution in [0.25, 0.3) is 0 Å². The molecule has 0 saturated carbocycles. The topological polar surface area (TPSA) is 96.2 Å². The van der Waals surface area contributed by atoms with Gasteiger partial charge in [-0.1, -0.05) is 6.07 Å². The predicted molar refractivity (Wildman–Crippen MR) is 99.9 cm³/mol. The number of thioether (sulfide) groups is 1. The highest BCUT2D eigenvalue weighted by atomic mass is 32.2. The van der Waals surface area contributed by atoms with E-state index in [1.807, 2.05) is 32.2 Å². The first-order chi connectivity index (χ1) is 11.7. The maximum atomic E-state index is 10.9. The molecule has 0 heterocycles. The Balaban J connectivity index is 2.25. The molecule has 0 saturated heterocycles. The third-order valence-corrected chi connectivity index (χ3v) is 5.02. The van der Waals surface area contributed by atoms with E-state index in [0.717, 1.165) is 27.1 Å². The lowest BCUT2D eigenvalue weighted by molar-refractivity contribution is 0.300. The molecule has 0 spiro atoms. The average Bonchev–Trinajstić information content (AvgIpc) is 2.55. The Labute approximate surface area is 150 Å². The van der Waals surface area contributed by atoms with Gasteiger partial charge in [0.2, 0.25) is 0 Å². The lowest BCUT2D eigenvalue weighted by Crippen LogP contribution is -2.01. The number of rotatable bonds is 7. The van der Waals surface area contributed by atoms with Gasteiger partial charge < -0.3 is 14.5 Å². The van der Waals surface area contributed by atoms with Gasteiger partial charge in [-0.15, -0.1) is 16.7 Å². The molecule has 0 aliphatic rings. The van der Waals surface area contributed by atoms with Crippen molar-refractivity contribution < 1.29 is 19.1 Å². The molecular weight excluding hydrogens is 361 g/mol. The molecule has 0 atom stereocenters. The second-order valence-electron chi connectivity index (χ2n) is 5.75. The molecule has 2 rings (SSSR count). The van der Waals surface area contributed by atoms with Crippen LogP contribution in [0.4, 0.5) is 5.69 Å². The largest absolute Gasteiger partial charge is 0.481 e. The first-order valence-corrected chi connectivity index (χ1v) is 10.5. The van der Waals surface area contributed by atoms with E-state index in [9.17, 15) is 9.47 Å². The lowest BCUT2D eigenvalue weighted by atomic mass is 9.95. The average molecular weight is 381 g/mol. The van der Waals surface area contributed by atoms with Gasteiger partial charge in [0, 0.05) is 4.90 Å². The number of ether oxygens (including phenoxy) is 1. The van der Waals surface area contributed by atoms with E-state index in [4.69, 9.17) is 14.5 Å². The Kier molecular flexibility index (Phi) is 6.41. The van der Waals surface area contributed by atoms with Gasteiger partial charge in [0.05, 0.1) is 0 Å². The van der Waals surface area contributed by atoms with Gasteiger partial charge in [-0.05, 0) is 78.2 Å². The zero-order chi connectivity index (χ0) is 18.6. The van der Waals surface area contributed by atoms with Crippen molar-refractivity contribution in [2.45, 2.75) is 25.2 Å². The summed E-state index contributed by atoms with van der Waals surface area (Å²) in [6.45, 7) is 3.87. The van der Waals surface area contributed by atoms with E-state index < -0.39 is 13.9 Å². The molecule has 134 valence electrons. The van der Waals surface area contributed by atoms with Crippen LogP contribution >= 0.6 is 19.4 Å². The van der Waals surface area contributed by atoms with Crippen molar-refractivity contribution in [2.24, 2.45) is 5.18 Å². The van der Waals surface area contributed by atoms with Gasteiger partial charge in [-0.2, -0.15) is 0 Å². The Bertz CT molecular complexity index is 811. The first-order valence-electron chi connectivity index (χ1n) is 7.51. The number of nitroso groups, excluding NO2 is 1. The van der Waals surface area contributed by atoms with Crippen LogP contribution in [-0.2, 0) is 11.0 Å². The summed E-state index contributed by atoms with van der Waals surface area (Å²) in [5.74, 6) is 0.437.